The molecule has 49 heavy (non-hydrogen) atoms. The summed E-state index contributed by atoms with van der Waals surface area (Å²) in [5.74, 6) is -7.12. The van der Waals surface area contributed by atoms with Crippen LogP contribution in [-0.4, -0.2) is 44.7 Å². The molecule has 6 unspecified atom stereocenters. The molecule has 3 aromatic rings. The zero-order chi connectivity index (χ0) is 34.4. The first kappa shape index (κ1) is 30.8. The van der Waals surface area contributed by atoms with E-state index in [-0.39, 0.29) is 25.0 Å². The SMILES string of the molecule is NC(=O)N1C(=O)C2CC=C3C(CC4C(=O)N(Nc5ccc(F)cc5)C(=O)C4(c4ccc(Cl)cc4)C3C3=COc4ccc(O)cc4C3)C2C1=O. The fourth-order valence-electron chi connectivity index (χ4n) is 8.69. The minimum absolute atomic E-state index is 0.00453. The third-order valence-corrected chi connectivity index (χ3v) is 10.9. The van der Waals surface area contributed by atoms with Crippen molar-refractivity contribution in [3.63, 3.8) is 0 Å². The lowest BCUT2D eigenvalue weighted by atomic mass is 9.48. The standard InChI is InChI=1S/C36H28ClFN4O7/c37-20-3-1-19(2-4-20)36-27(32(45)42(34(36)47)40-22-7-5-21(38)6-8-22)15-26-24(10-11-25-29(26)33(46)41(31(25)44)35(39)48)30(36)18-13-17-14-23(43)9-12-28(17)49-16-18/h1-10,12,14,16,25-27,29-30,40,43H,11,13,15H2,(H2,39,48). The normalized spacial score (nSPS) is 28.6. The topological polar surface area (TPSA) is 159 Å². The number of hydrazine groups is 1. The van der Waals surface area contributed by atoms with Crippen LogP contribution in [0.15, 0.2) is 90.2 Å². The number of fused-ring (bicyclic) bond motifs is 5. The quantitative estimate of drug-likeness (QED) is 0.266. The van der Waals surface area contributed by atoms with Gasteiger partial charge in [0, 0.05) is 22.9 Å². The molecule has 2 aliphatic carbocycles. The summed E-state index contributed by atoms with van der Waals surface area (Å²) in [6.45, 7) is 0. The maximum atomic E-state index is 15.2. The summed E-state index contributed by atoms with van der Waals surface area (Å²) < 4.78 is 19.9. The molecule has 6 amide bonds. The minimum Gasteiger partial charge on any atom is -0.508 e. The van der Waals surface area contributed by atoms with Crippen LogP contribution in [0.3, 0.4) is 0 Å². The number of nitrogens with zero attached hydrogens (tertiary/aromatic N) is 2. The number of primary amides is 1. The van der Waals surface area contributed by atoms with Crippen LogP contribution < -0.4 is 15.9 Å². The number of urea groups is 1. The molecule has 0 bridgehead atoms. The van der Waals surface area contributed by atoms with Crippen LogP contribution in [0.5, 0.6) is 11.5 Å². The van der Waals surface area contributed by atoms with Gasteiger partial charge >= 0.3 is 6.03 Å². The second-order valence-electron chi connectivity index (χ2n) is 13.0. The number of hydrogen-bond donors (Lipinski definition) is 3. The Morgan fingerprint density at radius 1 is 0.980 bits per heavy atom. The van der Waals surface area contributed by atoms with Crippen LogP contribution >= 0.6 is 11.6 Å². The zero-order valence-electron chi connectivity index (χ0n) is 25.6. The van der Waals surface area contributed by atoms with Crippen molar-refractivity contribution in [1.82, 2.24) is 9.91 Å². The number of carbonyl (C=O) groups excluding carboxylic acids is 5. The molecule has 2 saturated heterocycles. The Kier molecular flexibility index (Phi) is 6.93. The summed E-state index contributed by atoms with van der Waals surface area (Å²) in [5, 5.41) is 11.7. The molecule has 0 spiro atoms. The van der Waals surface area contributed by atoms with E-state index in [0.717, 1.165) is 5.01 Å². The van der Waals surface area contributed by atoms with Crippen molar-refractivity contribution in [2.45, 2.75) is 24.7 Å². The number of allylic oxidation sites excluding steroid dienone is 3. The Balaban J connectivity index is 1.34. The predicted molar refractivity (Wildman–Crippen MR) is 172 cm³/mol. The number of ether oxygens (including phenoxy) is 1. The first-order chi connectivity index (χ1) is 23.5. The van der Waals surface area contributed by atoms with Crippen molar-refractivity contribution in [2.24, 2.45) is 35.3 Å². The molecule has 8 rings (SSSR count). The number of benzene rings is 3. The van der Waals surface area contributed by atoms with E-state index in [0.29, 0.717) is 43.6 Å². The first-order valence-electron chi connectivity index (χ1n) is 15.7. The van der Waals surface area contributed by atoms with Crippen LogP contribution in [0.25, 0.3) is 0 Å². The fourth-order valence-corrected chi connectivity index (χ4v) is 8.81. The molecule has 248 valence electrons. The van der Waals surface area contributed by atoms with Crippen molar-refractivity contribution < 1.29 is 38.2 Å². The Morgan fingerprint density at radius 3 is 2.43 bits per heavy atom. The van der Waals surface area contributed by atoms with Gasteiger partial charge in [0.25, 0.3) is 11.8 Å². The maximum absolute atomic E-state index is 15.2. The third kappa shape index (κ3) is 4.43. The zero-order valence-corrected chi connectivity index (χ0v) is 26.4. The van der Waals surface area contributed by atoms with Gasteiger partial charge in [0.05, 0.1) is 35.1 Å². The number of hydrogen-bond acceptors (Lipinski definition) is 8. The van der Waals surface area contributed by atoms with Gasteiger partial charge in [-0.05, 0) is 84.5 Å². The number of rotatable bonds is 4. The minimum atomic E-state index is -1.59. The van der Waals surface area contributed by atoms with Crippen LogP contribution in [0.2, 0.25) is 5.02 Å². The van der Waals surface area contributed by atoms with Crippen LogP contribution in [0, 0.1) is 35.4 Å². The molecule has 3 aliphatic heterocycles. The summed E-state index contributed by atoms with van der Waals surface area (Å²) in [6.07, 6.45) is 3.71. The number of anilines is 1. The highest BCUT2D eigenvalue weighted by Crippen LogP contribution is 2.63. The number of carbonyl (C=O) groups is 5. The molecule has 11 nitrogen and oxygen atoms in total. The average Bonchev–Trinajstić information content (AvgIpc) is 3.46. The highest BCUT2D eigenvalue weighted by Gasteiger charge is 2.71. The molecule has 3 fully saturated rings. The Labute approximate surface area is 283 Å². The van der Waals surface area contributed by atoms with Crippen LogP contribution in [0.4, 0.5) is 14.9 Å². The van der Waals surface area contributed by atoms with E-state index in [4.69, 9.17) is 22.1 Å². The molecule has 13 heteroatoms. The summed E-state index contributed by atoms with van der Waals surface area (Å²) in [4.78, 5) is 69.6. The summed E-state index contributed by atoms with van der Waals surface area (Å²) in [7, 11) is 0. The molecule has 0 aromatic heterocycles. The van der Waals surface area contributed by atoms with Gasteiger partial charge in [0.15, 0.2) is 0 Å². The van der Waals surface area contributed by atoms with Gasteiger partial charge in [-0.2, -0.15) is 9.91 Å². The molecule has 6 atom stereocenters. The van der Waals surface area contributed by atoms with E-state index in [1.165, 1.54) is 30.3 Å². The Morgan fingerprint density at radius 2 is 1.71 bits per heavy atom. The number of phenolic OH excluding ortho intramolecular Hbond substituents is 1. The first-order valence-corrected chi connectivity index (χ1v) is 16.1. The average molecular weight is 683 g/mol. The van der Waals surface area contributed by atoms with Crippen molar-refractivity contribution in [3.8, 4) is 11.5 Å². The Bertz CT molecular complexity index is 2050. The molecular weight excluding hydrogens is 655 g/mol. The van der Waals surface area contributed by atoms with Gasteiger partial charge in [-0.3, -0.25) is 24.6 Å². The van der Waals surface area contributed by atoms with Crippen molar-refractivity contribution in [2.75, 3.05) is 5.43 Å². The predicted octanol–water partition coefficient (Wildman–Crippen LogP) is 4.60. The molecule has 3 heterocycles. The number of aromatic hydroxyl groups is 1. The van der Waals surface area contributed by atoms with Gasteiger partial charge in [0.2, 0.25) is 11.8 Å². The van der Waals surface area contributed by atoms with E-state index in [9.17, 15) is 28.7 Å². The monoisotopic (exact) mass is 682 g/mol. The molecule has 4 N–H and O–H groups in total. The lowest BCUT2D eigenvalue weighted by Gasteiger charge is -2.51. The van der Waals surface area contributed by atoms with Gasteiger partial charge in [-0.25, -0.2) is 9.18 Å². The van der Waals surface area contributed by atoms with Crippen LogP contribution in [0.1, 0.15) is 24.0 Å². The fraction of sp³-hybridized carbons (Fsp3) is 0.250. The smallest absolute Gasteiger partial charge is 0.328 e. The Hall–Kier alpha value is -5.49. The highest BCUT2D eigenvalue weighted by molar-refractivity contribution is 6.30. The lowest BCUT2D eigenvalue weighted by molar-refractivity contribution is -0.139. The molecule has 5 aliphatic rings. The summed E-state index contributed by atoms with van der Waals surface area (Å²) in [5.41, 5.74) is 9.44. The van der Waals surface area contributed by atoms with Crippen LogP contribution in [-0.2, 0) is 31.0 Å². The number of halogens is 2. The van der Waals surface area contributed by atoms with Gasteiger partial charge in [-0.1, -0.05) is 35.4 Å². The van der Waals surface area contributed by atoms with E-state index >= 15 is 4.79 Å². The number of nitrogens with one attached hydrogen (secondary N) is 1. The second kappa shape index (κ2) is 11.0. The number of imide groups is 4. The lowest BCUT2D eigenvalue weighted by Crippen LogP contribution is -2.55. The number of nitrogens with two attached hydrogens (primary N) is 1. The summed E-state index contributed by atoms with van der Waals surface area (Å²) in [6, 6.07) is 15.4. The third-order valence-electron chi connectivity index (χ3n) is 10.6. The maximum Gasteiger partial charge on any atom is 0.328 e. The molecule has 3 aromatic carbocycles. The van der Waals surface area contributed by atoms with Gasteiger partial charge < -0.3 is 15.6 Å². The van der Waals surface area contributed by atoms with E-state index in [1.54, 1.807) is 42.7 Å². The van der Waals surface area contributed by atoms with E-state index < -0.39 is 70.5 Å². The number of amides is 6. The van der Waals surface area contributed by atoms with E-state index in [1.807, 2.05) is 6.08 Å². The van der Waals surface area contributed by atoms with Gasteiger partial charge in [-0.15, -0.1) is 0 Å². The molecular formula is C36H28ClFN4O7. The van der Waals surface area contributed by atoms with Gasteiger partial charge in [0.1, 0.15) is 17.3 Å². The van der Waals surface area contributed by atoms with E-state index in [2.05, 4.69) is 5.43 Å². The largest absolute Gasteiger partial charge is 0.508 e. The van der Waals surface area contributed by atoms with Crippen molar-refractivity contribution >= 4 is 46.9 Å². The number of phenols is 1. The number of likely N-dealkylation sites (tertiary alicyclic amines) is 1. The van der Waals surface area contributed by atoms with Crippen molar-refractivity contribution in [3.05, 3.63) is 112 Å². The summed E-state index contributed by atoms with van der Waals surface area (Å²) >= 11 is 6.32. The van der Waals surface area contributed by atoms with Crippen molar-refractivity contribution in [1.29, 1.82) is 0 Å². The molecule has 0 radical (unpaired) electrons. The second-order valence-corrected chi connectivity index (χ2v) is 13.4. The highest BCUT2D eigenvalue weighted by atomic mass is 35.5. The molecule has 1 saturated carbocycles.